The number of anilines is 1. The average Bonchev–Trinajstić information content (AvgIpc) is 2.55. The number of halogens is 1. The van der Waals surface area contributed by atoms with Crippen LogP contribution in [0, 0.1) is 0 Å². The highest BCUT2D eigenvalue weighted by atomic mass is 35.5. The number of hydrogen-bond donors (Lipinski definition) is 2. The molecule has 0 fully saturated rings. The lowest BCUT2D eigenvalue weighted by Crippen LogP contribution is -2.34. The van der Waals surface area contributed by atoms with E-state index in [9.17, 15) is 4.79 Å². The number of ether oxygens (including phenoxy) is 1. The molecule has 23 heavy (non-hydrogen) atoms. The number of hydrazone groups is 1. The van der Waals surface area contributed by atoms with Gasteiger partial charge in [0.1, 0.15) is 11.8 Å². The second-order valence-electron chi connectivity index (χ2n) is 4.85. The van der Waals surface area contributed by atoms with E-state index >= 15 is 0 Å². The SMILES string of the molecule is COc1ccccc1/C=N\NC(=O)[C@H](C)Nc1cccc(Cl)c1. The summed E-state index contributed by atoms with van der Waals surface area (Å²) in [7, 11) is 1.59. The third kappa shape index (κ3) is 5.00. The molecule has 0 saturated carbocycles. The maximum atomic E-state index is 12.0. The molecule has 0 aliphatic heterocycles. The van der Waals surface area contributed by atoms with Gasteiger partial charge in [0.15, 0.2) is 0 Å². The van der Waals surface area contributed by atoms with Gasteiger partial charge in [-0.25, -0.2) is 5.43 Å². The molecule has 0 aliphatic rings. The molecule has 2 rings (SSSR count). The number of carbonyl (C=O) groups is 1. The van der Waals surface area contributed by atoms with Crippen LogP contribution in [-0.4, -0.2) is 25.3 Å². The fourth-order valence-electron chi connectivity index (χ4n) is 1.93. The number of para-hydroxylation sites is 1. The van der Waals surface area contributed by atoms with Gasteiger partial charge < -0.3 is 10.1 Å². The number of benzene rings is 2. The smallest absolute Gasteiger partial charge is 0.262 e. The summed E-state index contributed by atoms with van der Waals surface area (Å²) in [4.78, 5) is 12.0. The van der Waals surface area contributed by atoms with Crippen LogP contribution >= 0.6 is 11.6 Å². The van der Waals surface area contributed by atoms with Crippen molar-refractivity contribution >= 4 is 29.4 Å². The molecule has 0 saturated heterocycles. The Balaban J connectivity index is 1.92. The van der Waals surface area contributed by atoms with Crippen molar-refractivity contribution in [1.29, 1.82) is 0 Å². The summed E-state index contributed by atoms with van der Waals surface area (Å²) in [5.41, 5.74) is 4.05. The zero-order valence-corrected chi connectivity index (χ0v) is 13.7. The monoisotopic (exact) mass is 331 g/mol. The minimum absolute atomic E-state index is 0.254. The van der Waals surface area contributed by atoms with E-state index in [4.69, 9.17) is 16.3 Å². The number of carbonyl (C=O) groups excluding carboxylic acids is 1. The van der Waals surface area contributed by atoms with Gasteiger partial charge in [0.05, 0.1) is 13.3 Å². The number of rotatable bonds is 6. The third-order valence-corrected chi connectivity index (χ3v) is 3.35. The number of nitrogens with one attached hydrogen (secondary N) is 2. The molecule has 6 heteroatoms. The Morgan fingerprint density at radius 3 is 2.78 bits per heavy atom. The van der Waals surface area contributed by atoms with Crippen molar-refractivity contribution < 1.29 is 9.53 Å². The topological polar surface area (TPSA) is 62.7 Å². The van der Waals surface area contributed by atoms with Crippen LogP contribution in [0.4, 0.5) is 5.69 Å². The Hall–Kier alpha value is -2.53. The molecule has 1 atom stereocenters. The van der Waals surface area contributed by atoms with Crippen molar-refractivity contribution in [3.63, 3.8) is 0 Å². The molecule has 0 aliphatic carbocycles. The molecule has 0 heterocycles. The van der Waals surface area contributed by atoms with Crippen molar-refractivity contribution in [3.8, 4) is 5.75 Å². The standard InChI is InChI=1S/C17H18ClN3O2/c1-12(20-15-8-5-7-14(18)10-15)17(22)21-19-11-13-6-3-4-9-16(13)23-2/h3-12,20H,1-2H3,(H,21,22)/b19-11-/t12-/m0/s1. The van der Waals surface area contributed by atoms with Gasteiger partial charge in [0, 0.05) is 16.3 Å². The lowest BCUT2D eigenvalue weighted by molar-refractivity contribution is -0.121. The molecule has 0 unspecified atom stereocenters. The molecule has 2 N–H and O–H groups in total. The highest BCUT2D eigenvalue weighted by Crippen LogP contribution is 2.16. The zero-order valence-electron chi connectivity index (χ0n) is 12.9. The first-order chi connectivity index (χ1) is 11.1. The number of methoxy groups -OCH3 is 1. The van der Waals surface area contributed by atoms with Gasteiger partial charge in [0.25, 0.3) is 5.91 Å². The maximum absolute atomic E-state index is 12.0. The first-order valence-corrected chi connectivity index (χ1v) is 7.46. The molecule has 2 aromatic rings. The van der Waals surface area contributed by atoms with E-state index in [-0.39, 0.29) is 5.91 Å². The van der Waals surface area contributed by atoms with Crippen LogP contribution in [0.2, 0.25) is 5.02 Å². The number of amides is 1. The first-order valence-electron chi connectivity index (χ1n) is 7.08. The normalized spacial score (nSPS) is 12.0. The molecule has 1 amide bonds. The Morgan fingerprint density at radius 1 is 1.26 bits per heavy atom. The Labute approximate surface area is 140 Å². The molecular weight excluding hydrogens is 314 g/mol. The second kappa shape index (κ2) is 8.19. The van der Waals surface area contributed by atoms with Crippen LogP contribution in [0.1, 0.15) is 12.5 Å². The highest BCUT2D eigenvalue weighted by Gasteiger charge is 2.11. The van der Waals surface area contributed by atoms with Gasteiger partial charge >= 0.3 is 0 Å². The molecule has 0 radical (unpaired) electrons. The number of nitrogens with zero attached hydrogens (tertiary/aromatic N) is 1. The highest BCUT2D eigenvalue weighted by molar-refractivity contribution is 6.30. The van der Waals surface area contributed by atoms with Crippen molar-refractivity contribution in [2.45, 2.75) is 13.0 Å². The van der Waals surface area contributed by atoms with Gasteiger partial charge in [-0.05, 0) is 37.3 Å². The van der Waals surface area contributed by atoms with Crippen molar-refractivity contribution in [1.82, 2.24) is 5.43 Å². The number of hydrogen-bond acceptors (Lipinski definition) is 4. The summed E-state index contributed by atoms with van der Waals surface area (Å²) in [6.45, 7) is 1.74. The molecule has 0 bridgehead atoms. The Morgan fingerprint density at radius 2 is 2.04 bits per heavy atom. The quantitative estimate of drug-likeness (QED) is 0.630. The van der Waals surface area contributed by atoms with E-state index in [1.54, 1.807) is 32.4 Å². The van der Waals surface area contributed by atoms with E-state index in [0.29, 0.717) is 10.8 Å². The van der Waals surface area contributed by atoms with Crippen molar-refractivity contribution in [2.24, 2.45) is 5.10 Å². The summed E-state index contributed by atoms with van der Waals surface area (Å²) in [6, 6.07) is 14.1. The maximum Gasteiger partial charge on any atom is 0.262 e. The molecular formula is C17H18ClN3O2. The molecule has 5 nitrogen and oxygen atoms in total. The predicted octanol–water partition coefficient (Wildman–Crippen LogP) is 3.30. The fraction of sp³-hybridized carbons (Fsp3) is 0.176. The van der Waals surface area contributed by atoms with E-state index in [2.05, 4.69) is 15.8 Å². The summed E-state index contributed by atoms with van der Waals surface area (Å²) in [6.07, 6.45) is 1.54. The largest absolute Gasteiger partial charge is 0.496 e. The molecule has 0 aromatic heterocycles. The van der Waals surface area contributed by atoms with Gasteiger partial charge in [-0.2, -0.15) is 5.10 Å². The predicted molar refractivity (Wildman–Crippen MR) is 93.3 cm³/mol. The summed E-state index contributed by atoms with van der Waals surface area (Å²) >= 11 is 5.91. The Kier molecular flexibility index (Phi) is 6.00. The molecule has 0 spiro atoms. The fourth-order valence-corrected chi connectivity index (χ4v) is 2.12. The van der Waals surface area contributed by atoms with Crippen LogP contribution in [0.3, 0.4) is 0 Å². The van der Waals surface area contributed by atoms with E-state index in [0.717, 1.165) is 11.3 Å². The van der Waals surface area contributed by atoms with E-state index in [1.807, 2.05) is 36.4 Å². The summed E-state index contributed by atoms with van der Waals surface area (Å²) in [5.74, 6) is 0.437. The minimum Gasteiger partial charge on any atom is -0.496 e. The van der Waals surface area contributed by atoms with E-state index in [1.165, 1.54) is 0 Å². The van der Waals surface area contributed by atoms with Crippen molar-refractivity contribution in [3.05, 3.63) is 59.1 Å². The summed E-state index contributed by atoms with van der Waals surface area (Å²) in [5, 5.41) is 7.63. The van der Waals surface area contributed by atoms with Crippen LogP contribution in [0.5, 0.6) is 5.75 Å². The van der Waals surface area contributed by atoms with Crippen LogP contribution in [-0.2, 0) is 4.79 Å². The lowest BCUT2D eigenvalue weighted by Gasteiger charge is -2.13. The lowest BCUT2D eigenvalue weighted by atomic mass is 10.2. The average molecular weight is 332 g/mol. The molecule has 120 valence electrons. The van der Waals surface area contributed by atoms with Gasteiger partial charge in [-0.15, -0.1) is 0 Å². The van der Waals surface area contributed by atoms with Crippen molar-refractivity contribution in [2.75, 3.05) is 12.4 Å². The van der Waals surface area contributed by atoms with Gasteiger partial charge in [-0.3, -0.25) is 4.79 Å². The first kappa shape index (κ1) is 16.8. The van der Waals surface area contributed by atoms with Crippen LogP contribution in [0.25, 0.3) is 0 Å². The van der Waals surface area contributed by atoms with Crippen LogP contribution < -0.4 is 15.5 Å². The van der Waals surface area contributed by atoms with E-state index < -0.39 is 6.04 Å². The summed E-state index contributed by atoms with van der Waals surface area (Å²) < 4.78 is 5.21. The van der Waals surface area contributed by atoms with Gasteiger partial charge in [0.2, 0.25) is 0 Å². The second-order valence-corrected chi connectivity index (χ2v) is 5.29. The third-order valence-electron chi connectivity index (χ3n) is 3.12. The van der Waals surface area contributed by atoms with Gasteiger partial charge in [-0.1, -0.05) is 29.8 Å². The minimum atomic E-state index is -0.455. The van der Waals surface area contributed by atoms with Crippen LogP contribution in [0.15, 0.2) is 53.6 Å². The zero-order chi connectivity index (χ0) is 16.7. The molecule has 2 aromatic carbocycles. The Bertz CT molecular complexity index is 704.